The Hall–Kier alpha value is -1.52. The zero-order chi connectivity index (χ0) is 13.9. The van der Waals surface area contributed by atoms with Crippen molar-refractivity contribution in [3.63, 3.8) is 0 Å². The summed E-state index contributed by atoms with van der Waals surface area (Å²) in [5, 5.41) is 2.95. The van der Waals surface area contributed by atoms with Gasteiger partial charge in [0, 0.05) is 12.2 Å². The molecule has 1 aromatic carbocycles. The molecule has 1 nitrogen and oxygen atoms in total. The fourth-order valence-electron chi connectivity index (χ4n) is 2.16. The minimum absolute atomic E-state index is 0.309. The van der Waals surface area contributed by atoms with Crippen LogP contribution in [0.4, 0.5) is 23.2 Å². The van der Waals surface area contributed by atoms with Gasteiger partial charge >= 0.3 is 6.18 Å². The summed E-state index contributed by atoms with van der Waals surface area (Å²) in [5.41, 5.74) is -0.913. The van der Waals surface area contributed by atoms with Crippen molar-refractivity contribution in [2.24, 2.45) is 5.92 Å². The summed E-state index contributed by atoms with van der Waals surface area (Å²) in [4.78, 5) is 0. The molecule has 0 aromatic heterocycles. The summed E-state index contributed by atoms with van der Waals surface area (Å²) >= 11 is 0. The average Bonchev–Trinajstić information content (AvgIpc) is 2.37. The van der Waals surface area contributed by atoms with E-state index in [-0.39, 0.29) is 0 Å². The Kier molecular flexibility index (Phi) is 4.12. The number of hydrogen-bond donors (Lipinski definition) is 1. The molecule has 0 bridgehead atoms. The highest BCUT2D eigenvalue weighted by atomic mass is 19.4. The number of alkyl halides is 3. The maximum atomic E-state index is 13.1. The van der Waals surface area contributed by atoms with Gasteiger partial charge in [0.25, 0.3) is 0 Å². The first-order chi connectivity index (χ1) is 8.97. The predicted octanol–water partition coefficient (Wildman–Crippen LogP) is 4.61. The molecule has 5 heteroatoms. The second-order valence-corrected chi connectivity index (χ2v) is 4.72. The zero-order valence-corrected chi connectivity index (χ0v) is 10.3. The van der Waals surface area contributed by atoms with Gasteiger partial charge in [-0.1, -0.05) is 12.2 Å². The molecule has 1 aromatic rings. The fraction of sp³-hybridized carbons (Fsp3) is 0.429. The number of hydrogen-bond acceptors (Lipinski definition) is 1. The summed E-state index contributed by atoms with van der Waals surface area (Å²) in [6, 6.07) is 3.02. The SMILES string of the molecule is Fc1ccc(NCC2CC=CCC2)cc1C(F)(F)F. The highest BCUT2D eigenvalue weighted by molar-refractivity contribution is 5.47. The molecule has 2 rings (SSSR count). The molecule has 0 heterocycles. The van der Waals surface area contributed by atoms with Crippen molar-refractivity contribution in [2.75, 3.05) is 11.9 Å². The van der Waals surface area contributed by atoms with Gasteiger partial charge < -0.3 is 5.32 Å². The predicted molar refractivity (Wildman–Crippen MR) is 66.4 cm³/mol. The maximum absolute atomic E-state index is 13.1. The minimum atomic E-state index is -4.66. The van der Waals surface area contributed by atoms with Crippen molar-refractivity contribution in [1.29, 1.82) is 0 Å². The van der Waals surface area contributed by atoms with E-state index in [1.54, 1.807) is 0 Å². The number of rotatable bonds is 3. The topological polar surface area (TPSA) is 12.0 Å². The Morgan fingerprint density at radius 1 is 1.21 bits per heavy atom. The Morgan fingerprint density at radius 3 is 2.63 bits per heavy atom. The Morgan fingerprint density at radius 2 is 2.00 bits per heavy atom. The van der Waals surface area contributed by atoms with E-state index in [4.69, 9.17) is 0 Å². The van der Waals surface area contributed by atoms with Gasteiger partial charge in [0.05, 0.1) is 5.56 Å². The summed E-state index contributed by atoms with van der Waals surface area (Å²) in [7, 11) is 0. The van der Waals surface area contributed by atoms with Gasteiger partial charge in [0.1, 0.15) is 5.82 Å². The second-order valence-electron chi connectivity index (χ2n) is 4.72. The number of anilines is 1. The number of benzene rings is 1. The van der Waals surface area contributed by atoms with E-state index in [9.17, 15) is 17.6 Å². The molecule has 1 aliphatic rings. The quantitative estimate of drug-likeness (QED) is 0.626. The molecule has 0 amide bonds. The van der Waals surface area contributed by atoms with Crippen LogP contribution in [0.25, 0.3) is 0 Å². The first-order valence-corrected chi connectivity index (χ1v) is 6.22. The van der Waals surface area contributed by atoms with Gasteiger partial charge in [-0.3, -0.25) is 0 Å². The second kappa shape index (κ2) is 5.63. The highest BCUT2D eigenvalue weighted by Crippen LogP contribution is 2.33. The molecule has 1 N–H and O–H groups in total. The molecule has 0 radical (unpaired) electrons. The van der Waals surface area contributed by atoms with Crippen molar-refractivity contribution in [1.82, 2.24) is 0 Å². The monoisotopic (exact) mass is 273 g/mol. The van der Waals surface area contributed by atoms with Crippen molar-refractivity contribution < 1.29 is 17.6 Å². The lowest BCUT2D eigenvalue weighted by atomic mass is 9.94. The zero-order valence-electron chi connectivity index (χ0n) is 10.3. The lowest BCUT2D eigenvalue weighted by molar-refractivity contribution is -0.139. The van der Waals surface area contributed by atoms with E-state index in [0.717, 1.165) is 31.4 Å². The standard InChI is InChI=1S/C14H15F4N/c15-13-7-6-11(8-12(13)14(16,17)18)19-9-10-4-2-1-3-5-10/h1-2,6-8,10,19H,3-5,9H2. The molecule has 0 saturated carbocycles. The first-order valence-electron chi connectivity index (χ1n) is 6.22. The van der Waals surface area contributed by atoms with E-state index in [1.807, 2.05) is 0 Å². The van der Waals surface area contributed by atoms with E-state index in [2.05, 4.69) is 17.5 Å². The van der Waals surface area contributed by atoms with E-state index in [0.29, 0.717) is 18.2 Å². The molecule has 0 fully saturated rings. The van der Waals surface area contributed by atoms with Crippen LogP contribution in [0.3, 0.4) is 0 Å². The Bertz CT molecular complexity index is 465. The maximum Gasteiger partial charge on any atom is 0.419 e. The van der Waals surface area contributed by atoms with E-state index >= 15 is 0 Å². The molecule has 1 aliphatic carbocycles. The van der Waals surface area contributed by atoms with Gasteiger partial charge in [-0.25, -0.2) is 4.39 Å². The molecule has 104 valence electrons. The smallest absolute Gasteiger partial charge is 0.385 e. The van der Waals surface area contributed by atoms with Crippen molar-refractivity contribution in [3.8, 4) is 0 Å². The van der Waals surface area contributed by atoms with Gasteiger partial charge in [0.2, 0.25) is 0 Å². The number of nitrogens with one attached hydrogen (secondary N) is 1. The lowest BCUT2D eigenvalue weighted by Crippen LogP contribution is -2.16. The first kappa shape index (κ1) is 13.9. The van der Waals surface area contributed by atoms with Gasteiger partial charge in [-0.15, -0.1) is 0 Å². The average molecular weight is 273 g/mol. The third-order valence-corrected chi connectivity index (χ3v) is 3.24. The summed E-state index contributed by atoms with van der Waals surface area (Å²) in [6.45, 7) is 0.604. The number of halogens is 4. The Labute approximate surface area is 109 Å². The van der Waals surface area contributed by atoms with Crippen LogP contribution in [0.5, 0.6) is 0 Å². The highest BCUT2D eigenvalue weighted by Gasteiger charge is 2.34. The molecule has 0 aliphatic heterocycles. The van der Waals surface area contributed by atoms with Crippen LogP contribution in [0, 0.1) is 11.7 Å². The van der Waals surface area contributed by atoms with Crippen LogP contribution in [0.2, 0.25) is 0 Å². The lowest BCUT2D eigenvalue weighted by Gasteiger charge is -2.19. The third kappa shape index (κ3) is 3.72. The van der Waals surface area contributed by atoms with Crippen LogP contribution in [-0.2, 0) is 6.18 Å². The third-order valence-electron chi connectivity index (χ3n) is 3.24. The van der Waals surface area contributed by atoms with Gasteiger partial charge in [0.15, 0.2) is 0 Å². The summed E-state index contributed by atoms with van der Waals surface area (Å²) in [5.74, 6) is -0.817. The molecule has 0 spiro atoms. The molecule has 1 unspecified atom stereocenters. The van der Waals surface area contributed by atoms with Crippen LogP contribution >= 0.6 is 0 Å². The molecule has 1 atom stereocenters. The van der Waals surface area contributed by atoms with Crippen LogP contribution < -0.4 is 5.32 Å². The van der Waals surface area contributed by atoms with Crippen molar-refractivity contribution >= 4 is 5.69 Å². The Balaban J connectivity index is 2.03. The molecular weight excluding hydrogens is 258 g/mol. The minimum Gasteiger partial charge on any atom is -0.385 e. The van der Waals surface area contributed by atoms with Gasteiger partial charge in [-0.2, -0.15) is 13.2 Å². The molecular formula is C14H15F4N. The van der Waals surface area contributed by atoms with Gasteiger partial charge in [-0.05, 0) is 43.4 Å². The largest absolute Gasteiger partial charge is 0.419 e. The van der Waals surface area contributed by atoms with Crippen LogP contribution in [0.1, 0.15) is 24.8 Å². The molecule has 19 heavy (non-hydrogen) atoms. The fourth-order valence-corrected chi connectivity index (χ4v) is 2.16. The number of allylic oxidation sites excluding steroid dienone is 2. The van der Waals surface area contributed by atoms with E-state index in [1.165, 1.54) is 6.07 Å². The molecule has 0 saturated heterocycles. The summed E-state index contributed by atoms with van der Waals surface area (Å²) in [6.07, 6.45) is 2.49. The van der Waals surface area contributed by atoms with Crippen molar-refractivity contribution in [2.45, 2.75) is 25.4 Å². The van der Waals surface area contributed by atoms with E-state index < -0.39 is 17.6 Å². The van der Waals surface area contributed by atoms with Crippen LogP contribution in [-0.4, -0.2) is 6.54 Å². The summed E-state index contributed by atoms with van der Waals surface area (Å²) < 4.78 is 50.7. The van der Waals surface area contributed by atoms with Crippen LogP contribution in [0.15, 0.2) is 30.4 Å². The normalized spacial score (nSPS) is 19.5. The van der Waals surface area contributed by atoms with Crippen molar-refractivity contribution in [3.05, 3.63) is 41.7 Å².